The summed E-state index contributed by atoms with van der Waals surface area (Å²) in [7, 11) is 0. The molecule has 3 aromatic rings. The first-order chi connectivity index (χ1) is 13.1. The van der Waals surface area contributed by atoms with E-state index in [-0.39, 0.29) is 0 Å². The fourth-order valence-electron chi connectivity index (χ4n) is 3.70. The van der Waals surface area contributed by atoms with Crippen LogP contribution >= 0.6 is 12.2 Å². The Hall–Kier alpha value is -2.44. The van der Waals surface area contributed by atoms with E-state index in [0.717, 1.165) is 49.1 Å². The van der Waals surface area contributed by atoms with Crippen molar-refractivity contribution in [3.8, 4) is 5.69 Å². The maximum Gasteiger partial charge on any atom is 0.207 e. The average Bonchev–Trinajstić information content (AvgIpc) is 2.97. The molecule has 27 heavy (non-hydrogen) atoms. The van der Waals surface area contributed by atoms with Gasteiger partial charge in [0, 0.05) is 11.4 Å². The van der Waals surface area contributed by atoms with Crippen molar-refractivity contribution in [1.82, 2.24) is 14.3 Å². The lowest BCUT2D eigenvalue weighted by Crippen LogP contribution is -3.14. The van der Waals surface area contributed by atoms with Gasteiger partial charge < -0.3 is 9.80 Å². The molecule has 6 heteroatoms. The Kier molecular flexibility index (Phi) is 5.09. The minimum absolute atomic E-state index is 0.773. The molecule has 0 spiro atoms. The molecule has 0 saturated carbocycles. The Morgan fingerprint density at radius 3 is 2.26 bits per heavy atom. The maximum absolute atomic E-state index is 5.74. The molecule has 0 aliphatic carbocycles. The van der Waals surface area contributed by atoms with Crippen LogP contribution in [0.5, 0.6) is 0 Å². The van der Waals surface area contributed by atoms with Gasteiger partial charge in [-0.05, 0) is 50.3 Å². The van der Waals surface area contributed by atoms with E-state index in [2.05, 4.69) is 71.0 Å². The van der Waals surface area contributed by atoms with E-state index in [9.17, 15) is 0 Å². The smallest absolute Gasteiger partial charge is 0.207 e. The van der Waals surface area contributed by atoms with Gasteiger partial charge in [0.15, 0.2) is 6.67 Å². The number of nitrogens with one attached hydrogen (secondary N) is 1. The first-order valence-electron chi connectivity index (χ1n) is 9.49. The summed E-state index contributed by atoms with van der Waals surface area (Å²) >= 11 is 5.74. The summed E-state index contributed by atoms with van der Waals surface area (Å²) in [5.41, 5.74) is 3.64. The summed E-state index contributed by atoms with van der Waals surface area (Å²) < 4.78 is 4.82. The molecule has 5 nitrogen and oxygen atoms in total. The van der Waals surface area contributed by atoms with Crippen LogP contribution in [-0.4, -0.2) is 40.5 Å². The molecule has 1 saturated heterocycles. The average molecular weight is 381 g/mol. The highest BCUT2D eigenvalue weighted by Gasteiger charge is 2.21. The van der Waals surface area contributed by atoms with E-state index >= 15 is 0 Å². The third-order valence-corrected chi connectivity index (χ3v) is 5.65. The van der Waals surface area contributed by atoms with Crippen molar-refractivity contribution in [2.75, 3.05) is 31.1 Å². The second kappa shape index (κ2) is 7.66. The monoisotopic (exact) mass is 380 g/mol. The van der Waals surface area contributed by atoms with Crippen molar-refractivity contribution in [1.29, 1.82) is 0 Å². The number of aromatic nitrogens is 3. The number of rotatable bonds is 4. The minimum atomic E-state index is 0.773. The van der Waals surface area contributed by atoms with Crippen molar-refractivity contribution in [3.63, 3.8) is 0 Å². The van der Waals surface area contributed by atoms with Crippen molar-refractivity contribution in [2.24, 2.45) is 0 Å². The second-order valence-corrected chi connectivity index (χ2v) is 7.60. The van der Waals surface area contributed by atoms with Gasteiger partial charge in [0.1, 0.15) is 5.82 Å². The molecule has 0 atom stereocenters. The zero-order valence-corrected chi connectivity index (χ0v) is 16.7. The van der Waals surface area contributed by atoms with Crippen LogP contribution in [0.1, 0.15) is 11.4 Å². The third-order valence-electron chi connectivity index (χ3n) is 5.26. The second-order valence-electron chi connectivity index (χ2n) is 7.23. The van der Waals surface area contributed by atoms with Gasteiger partial charge >= 0.3 is 0 Å². The Balaban J connectivity index is 1.46. The zero-order valence-electron chi connectivity index (χ0n) is 15.9. The molecule has 1 aliphatic heterocycles. The third kappa shape index (κ3) is 3.82. The fraction of sp³-hybridized carbons (Fsp3) is 0.333. The van der Waals surface area contributed by atoms with Gasteiger partial charge in [-0.3, -0.25) is 4.57 Å². The molecule has 1 aliphatic rings. The molecule has 1 fully saturated rings. The van der Waals surface area contributed by atoms with E-state index in [4.69, 9.17) is 17.3 Å². The molecule has 140 valence electrons. The molecular weight excluding hydrogens is 354 g/mol. The molecule has 1 aromatic heterocycles. The number of quaternary nitrogens is 1. The standard InChI is InChI=1S/C21H25N5S/c1-17-8-10-20(11-9-17)26-18(2)22-25(21(26)27)16-23-12-14-24(15-13-23)19-6-4-3-5-7-19/h3-11H,12-16H2,1-2H3/p+1. The lowest BCUT2D eigenvalue weighted by molar-refractivity contribution is -0.924. The van der Waals surface area contributed by atoms with Crippen LogP contribution in [0, 0.1) is 18.6 Å². The molecule has 0 amide bonds. The minimum Gasteiger partial charge on any atom is -0.360 e. The number of hydrogen-bond acceptors (Lipinski definition) is 3. The first kappa shape index (κ1) is 17.9. The first-order valence-corrected chi connectivity index (χ1v) is 9.90. The van der Waals surface area contributed by atoms with Crippen LogP contribution in [-0.2, 0) is 6.67 Å². The number of para-hydroxylation sites is 1. The van der Waals surface area contributed by atoms with Crippen LogP contribution in [0.25, 0.3) is 5.69 Å². The van der Waals surface area contributed by atoms with Gasteiger partial charge in [0.25, 0.3) is 0 Å². The summed E-state index contributed by atoms with van der Waals surface area (Å²) in [4.78, 5) is 3.98. The van der Waals surface area contributed by atoms with Gasteiger partial charge in [-0.1, -0.05) is 35.9 Å². The van der Waals surface area contributed by atoms with E-state index < -0.39 is 0 Å². The van der Waals surface area contributed by atoms with Crippen LogP contribution in [0.3, 0.4) is 0 Å². The van der Waals surface area contributed by atoms with Crippen molar-refractivity contribution < 1.29 is 4.90 Å². The summed E-state index contributed by atoms with van der Waals surface area (Å²) in [6.45, 7) is 9.24. The molecule has 0 radical (unpaired) electrons. The van der Waals surface area contributed by atoms with E-state index in [1.807, 2.05) is 11.6 Å². The summed E-state index contributed by atoms with van der Waals surface area (Å²) in [6, 6.07) is 19.1. The Morgan fingerprint density at radius 1 is 0.926 bits per heavy atom. The molecular formula is C21H26N5S+. The lowest BCUT2D eigenvalue weighted by Gasteiger charge is -2.33. The maximum atomic E-state index is 5.74. The van der Waals surface area contributed by atoms with Crippen molar-refractivity contribution in [2.45, 2.75) is 20.5 Å². The molecule has 0 bridgehead atoms. The highest BCUT2D eigenvalue weighted by atomic mass is 32.1. The molecule has 4 rings (SSSR count). The Morgan fingerprint density at radius 2 is 1.59 bits per heavy atom. The van der Waals surface area contributed by atoms with Crippen LogP contribution in [0.2, 0.25) is 0 Å². The number of hydrogen-bond donors (Lipinski definition) is 1. The van der Waals surface area contributed by atoms with Crippen LogP contribution in [0.4, 0.5) is 5.69 Å². The molecule has 2 aromatic carbocycles. The largest absolute Gasteiger partial charge is 0.360 e. The summed E-state index contributed by atoms with van der Waals surface area (Å²) in [6.07, 6.45) is 0. The van der Waals surface area contributed by atoms with Crippen molar-refractivity contribution >= 4 is 17.9 Å². The highest BCUT2D eigenvalue weighted by molar-refractivity contribution is 7.71. The van der Waals surface area contributed by atoms with Gasteiger partial charge in [-0.2, -0.15) is 9.78 Å². The van der Waals surface area contributed by atoms with Gasteiger partial charge in [0.05, 0.1) is 26.2 Å². The van der Waals surface area contributed by atoms with Crippen molar-refractivity contribution in [3.05, 3.63) is 70.8 Å². The number of nitrogens with zero attached hydrogens (tertiary/aromatic N) is 4. The SMILES string of the molecule is Cc1ccc(-n2c(C)nn(C[NH+]3CCN(c4ccccc4)CC3)c2=S)cc1. The normalized spacial score (nSPS) is 15.3. The van der Waals surface area contributed by atoms with Crippen LogP contribution in [0.15, 0.2) is 54.6 Å². The molecule has 1 N–H and O–H groups in total. The molecule has 2 heterocycles. The number of benzene rings is 2. The number of anilines is 1. The predicted molar refractivity (Wildman–Crippen MR) is 111 cm³/mol. The topological polar surface area (TPSA) is 30.4 Å². The van der Waals surface area contributed by atoms with E-state index in [1.54, 1.807) is 0 Å². The summed E-state index contributed by atoms with van der Waals surface area (Å²) in [5, 5.41) is 4.72. The van der Waals surface area contributed by atoms with Gasteiger partial charge in [0.2, 0.25) is 4.77 Å². The zero-order chi connectivity index (χ0) is 18.8. The quantitative estimate of drug-likeness (QED) is 0.705. The summed E-state index contributed by atoms with van der Waals surface area (Å²) in [5.74, 6) is 0.936. The van der Waals surface area contributed by atoms with E-state index in [1.165, 1.54) is 16.2 Å². The lowest BCUT2D eigenvalue weighted by atomic mass is 10.2. The Bertz CT molecular complexity index is 950. The predicted octanol–water partition coefficient (Wildman–Crippen LogP) is 2.38. The van der Waals surface area contributed by atoms with Gasteiger partial charge in [-0.25, -0.2) is 0 Å². The van der Waals surface area contributed by atoms with E-state index in [0.29, 0.717) is 0 Å². The van der Waals surface area contributed by atoms with Gasteiger partial charge in [-0.15, -0.1) is 0 Å². The number of piperazine rings is 1. The fourth-order valence-corrected chi connectivity index (χ4v) is 4.04. The molecule has 0 unspecified atom stereocenters. The number of aryl methyl sites for hydroxylation is 2. The Labute approximate surface area is 165 Å². The van der Waals surface area contributed by atoms with Crippen LogP contribution < -0.4 is 9.80 Å². The highest BCUT2D eigenvalue weighted by Crippen LogP contribution is 2.14.